The van der Waals surface area contributed by atoms with Crippen molar-refractivity contribution in [1.82, 2.24) is 0 Å². The standard InChI is InChI=1S/C12H23F3O3Si/c1-10(2,3)19(5,6)18-11(4,12(13,14)15)8-7-9(16)17/h7-8H2,1-6H3,(H,16,17). The van der Waals surface area contributed by atoms with Crippen LogP contribution in [0.4, 0.5) is 13.2 Å². The van der Waals surface area contributed by atoms with E-state index in [-0.39, 0.29) is 5.04 Å². The van der Waals surface area contributed by atoms with Gasteiger partial charge in [-0.1, -0.05) is 20.8 Å². The lowest BCUT2D eigenvalue weighted by molar-refractivity contribution is -0.248. The van der Waals surface area contributed by atoms with Crippen LogP contribution in [0.2, 0.25) is 18.1 Å². The van der Waals surface area contributed by atoms with Gasteiger partial charge in [0.1, 0.15) is 5.60 Å². The lowest BCUT2D eigenvalue weighted by Crippen LogP contribution is -2.55. The predicted octanol–water partition coefficient (Wildman–Crippen LogP) is 4.19. The summed E-state index contributed by atoms with van der Waals surface area (Å²) < 4.78 is 45.0. The molecule has 0 saturated heterocycles. The van der Waals surface area contributed by atoms with Crippen molar-refractivity contribution in [2.45, 2.75) is 70.4 Å². The lowest BCUT2D eigenvalue weighted by atomic mass is 10.00. The van der Waals surface area contributed by atoms with E-state index in [0.717, 1.165) is 6.92 Å². The first kappa shape index (κ1) is 18.4. The van der Waals surface area contributed by atoms with Crippen molar-refractivity contribution >= 4 is 14.3 Å². The summed E-state index contributed by atoms with van der Waals surface area (Å²) >= 11 is 0. The van der Waals surface area contributed by atoms with Gasteiger partial charge >= 0.3 is 12.1 Å². The summed E-state index contributed by atoms with van der Waals surface area (Å²) in [5.74, 6) is -1.26. The molecule has 0 aliphatic heterocycles. The molecule has 0 radical (unpaired) electrons. The normalized spacial score (nSPS) is 17.1. The zero-order chi connectivity index (χ0) is 15.7. The van der Waals surface area contributed by atoms with Crippen molar-refractivity contribution in [1.29, 1.82) is 0 Å². The Bertz CT molecular complexity index is 334. The van der Waals surface area contributed by atoms with Crippen LogP contribution in [0.5, 0.6) is 0 Å². The number of carboxylic acid groups (broad SMARTS) is 1. The second-order valence-corrected chi connectivity index (χ2v) is 11.2. The van der Waals surface area contributed by atoms with Gasteiger partial charge in [-0.2, -0.15) is 13.2 Å². The quantitative estimate of drug-likeness (QED) is 0.774. The third-order valence-corrected chi connectivity index (χ3v) is 8.28. The maximum Gasteiger partial charge on any atom is 0.416 e. The Kier molecular flexibility index (Phi) is 5.28. The molecule has 114 valence electrons. The number of carbonyl (C=O) groups is 1. The zero-order valence-corrected chi connectivity index (χ0v) is 13.3. The second kappa shape index (κ2) is 5.44. The van der Waals surface area contributed by atoms with Gasteiger partial charge in [0.15, 0.2) is 8.32 Å². The van der Waals surface area contributed by atoms with Crippen molar-refractivity contribution in [2.75, 3.05) is 0 Å². The maximum atomic E-state index is 13.2. The van der Waals surface area contributed by atoms with E-state index in [1.165, 1.54) is 0 Å². The third kappa shape index (κ3) is 4.80. The molecular formula is C12H23F3O3Si. The van der Waals surface area contributed by atoms with E-state index in [1.807, 2.05) is 20.8 Å². The molecule has 1 unspecified atom stereocenters. The summed E-state index contributed by atoms with van der Waals surface area (Å²) in [7, 11) is -2.64. The molecule has 0 spiro atoms. The highest BCUT2D eigenvalue weighted by molar-refractivity contribution is 6.74. The fourth-order valence-corrected chi connectivity index (χ4v) is 2.96. The lowest BCUT2D eigenvalue weighted by Gasteiger charge is -2.44. The average molecular weight is 300 g/mol. The minimum atomic E-state index is -4.59. The van der Waals surface area contributed by atoms with Crippen molar-refractivity contribution in [3.63, 3.8) is 0 Å². The molecule has 0 bridgehead atoms. The molecule has 0 aliphatic carbocycles. The highest BCUT2D eigenvalue weighted by atomic mass is 28.4. The summed E-state index contributed by atoms with van der Waals surface area (Å²) in [6.45, 7) is 9.90. The SMILES string of the molecule is CC(CCC(=O)O)(O[Si](C)(C)C(C)(C)C)C(F)(F)F. The van der Waals surface area contributed by atoms with Gasteiger partial charge in [0.2, 0.25) is 0 Å². The highest BCUT2D eigenvalue weighted by Crippen LogP contribution is 2.45. The number of hydrogen-bond donors (Lipinski definition) is 1. The molecule has 0 aromatic carbocycles. The molecule has 1 atom stereocenters. The van der Waals surface area contributed by atoms with Crippen LogP contribution in [0.15, 0.2) is 0 Å². The topological polar surface area (TPSA) is 46.5 Å². The number of hydrogen-bond acceptors (Lipinski definition) is 2. The van der Waals surface area contributed by atoms with Crippen LogP contribution in [0.25, 0.3) is 0 Å². The van der Waals surface area contributed by atoms with Crippen molar-refractivity contribution in [2.24, 2.45) is 0 Å². The molecule has 0 aliphatic rings. The first-order chi connectivity index (χ1) is 8.12. The monoisotopic (exact) mass is 300 g/mol. The van der Waals surface area contributed by atoms with Gasteiger partial charge in [0.05, 0.1) is 0 Å². The Morgan fingerprint density at radius 2 is 1.58 bits per heavy atom. The summed E-state index contributed by atoms with van der Waals surface area (Å²) in [6.07, 6.45) is -5.72. The van der Waals surface area contributed by atoms with Gasteiger partial charge < -0.3 is 9.53 Å². The summed E-state index contributed by atoms with van der Waals surface area (Å²) in [5.41, 5.74) is -2.41. The molecule has 1 N–H and O–H groups in total. The molecular weight excluding hydrogens is 277 g/mol. The van der Waals surface area contributed by atoms with E-state index < -0.39 is 38.9 Å². The van der Waals surface area contributed by atoms with Gasteiger partial charge in [0.25, 0.3) is 0 Å². The van der Waals surface area contributed by atoms with Crippen LogP contribution >= 0.6 is 0 Å². The zero-order valence-electron chi connectivity index (χ0n) is 12.3. The summed E-state index contributed by atoms with van der Waals surface area (Å²) in [4.78, 5) is 10.5. The van der Waals surface area contributed by atoms with Gasteiger partial charge in [-0.3, -0.25) is 4.79 Å². The van der Waals surface area contributed by atoms with Crippen LogP contribution in [0, 0.1) is 0 Å². The number of alkyl halides is 3. The molecule has 7 heteroatoms. The second-order valence-electron chi connectivity index (χ2n) is 6.48. The molecule has 0 aromatic heterocycles. The largest absolute Gasteiger partial charge is 0.481 e. The number of carboxylic acids is 1. The fourth-order valence-electron chi connectivity index (χ4n) is 1.31. The number of halogens is 3. The van der Waals surface area contributed by atoms with E-state index >= 15 is 0 Å². The summed E-state index contributed by atoms with van der Waals surface area (Å²) in [5, 5.41) is 8.22. The molecule has 0 aromatic rings. The Morgan fingerprint density at radius 1 is 1.16 bits per heavy atom. The molecule has 19 heavy (non-hydrogen) atoms. The predicted molar refractivity (Wildman–Crippen MR) is 69.6 cm³/mol. The summed E-state index contributed by atoms with van der Waals surface area (Å²) in [6, 6.07) is 0. The molecule has 3 nitrogen and oxygen atoms in total. The van der Waals surface area contributed by atoms with E-state index in [0.29, 0.717) is 0 Å². The van der Waals surface area contributed by atoms with Crippen LogP contribution in [-0.4, -0.2) is 31.2 Å². The van der Waals surface area contributed by atoms with E-state index in [1.54, 1.807) is 13.1 Å². The molecule has 0 heterocycles. The molecule has 0 saturated carbocycles. The van der Waals surface area contributed by atoms with Crippen molar-refractivity contribution in [3.05, 3.63) is 0 Å². The first-order valence-electron chi connectivity index (χ1n) is 6.11. The molecule has 0 rings (SSSR count). The highest BCUT2D eigenvalue weighted by Gasteiger charge is 2.56. The van der Waals surface area contributed by atoms with Crippen LogP contribution < -0.4 is 0 Å². The maximum absolute atomic E-state index is 13.2. The minimum Gasteiger partial charge on any atom is -0.481 e. The Balaban J connectivity index is 5.24. The molecule has 0 fully saturated rings. The van der Waals surface area contributed by atoms with Crippen LogP contribution in [0.1, 0.15) is 40.5 Å². The third-order valence-electron chi connectivity index (χ3n) is 3.70. The smallest absolute Gasteiger partial charge is 0.416 e. The van der Waals surface area contributed by atoms with Crippen LogP contribution in [-0.2, 0) is 9.22 Å². The number of rotatable bonds is 5. The van der Waals surface area contributed by atoms with Gasteiger partial charge in [-0.05, 0) is 31.5 Å². The Labute approximate surface area is 113 Å². The van der Waals surface area contributed by atoms with E-state index in [2.05, 4.69) is 0 Å². The van der Waals surface area contributed by atoms with Crippen LogP contribution in [0.3, 0.4) is 0 Å². The Morgan fingerprint density at radius 3 is 1.84 bits per heavy atom. The molecule has 0 amide bonds. The Hall–Kier alpha value is -0.563. The van der Waals surface area contributed by atoms with Crippen molar-refractivity contribution < 1.29 is 27.5 Å². The van der Waals surface area contributed by atoms with Gasteiger partial charge in [-0.25, -0.2) is 0 Å². The minimum absolute atomic E-state index is 0.372. The number of aliphatic carboxylic acids is 1. The van der Waals surface area contributed by atoms with Crippen molar-refractivity contribution in [3.8, 4) is 0 Å². The average Bonchev–Trinajstić information content (AvgIpc) is 2.10. The fraction of sp³-hybridized carbons (Fsp3) is 0.917. The van der Waals surface area contributed by atoms with Gasteiger partial charge in [0, 0.05) is 6.42 Å². The van der Waals surface area contributed by atoms with E-state index in [4.69, 9.17) is 9.53 Å². The van der Waals surface area contributed by atoms with Gasteiger partial charge in [-0.15, -0.1) is 0 Å². The first-order valence-corrected chi connectivity index (χ1v) is 9.02. The van der Waals surface area contributed by atoms with E-state index in [9.17, 15) is 18.0 Å².